The van der Waals surface area contributed by atoms with Crippen molar-refractivity contribution in [3.8, 4) is 5.75 Å². The minimum atomic E-state index is -0.405. The van der Waals surface area contributed by atoms with Gasteiger partial charge < -0.3 is 14.5 Å². The quantitative estimate of drug-likeness (QED) is 0.595. The number of hydrogen-bond acceptors (Lipinski definition) is 5. The van der Waals surface area contributed by atoms with Crippen LogP contribution in [0.3, 0.4) is 0 Å². The van der Waals surface area contributed by atoms with Crippen LogP contribution in [0.1, 0.15) is 12.7 Å². The van der Waals surface area contributed by atoms with E-state index in [0.717, 1.165) is 0 Å². The van der Waals surface area contributed by atoms with Crippen molar-refractivity contribution in [1.82, 2.24) is 5.43 Å². The molecular weight excluding hydrogens is 366 g/mol. The molecule has 0 atom stereocenters. The van der Waals surface area contributed by atoms with Gasteiger partial charge in [0.1, 0.15) is 11.5 Å². The second-order valence-electron chi connectivity index (χ2n) is 4.43. The number of nitrogens with zero attached hydrogens (tertiary/aromatic N) is 1. The number of halogens is 1. The smallest absolute Gasteiger partial charge is 0.277 e. The summed E-state index contributed by atoms with van der Waals surface area (Å²) in [6.45, 7) is 1.25. The highest BCUT2D eigenvalue weighted by Crippen LogP contribution is 2.15. The highest BCUT2D eigenvalue weighted by molar-refractivity contribution is 9.10. The third kappa shape index (κ3) is 5.95. The van der Waals surface area contributed by atoms with E-state index in [9.17, 15) is 9.59 Å². The first-order valence-electron chi connectivity index (χ1n) is 6.60. The zero-order valence-electron chi connectivity index (χ0n) is 12.2. The number of furan rings is 1. The van der Waals surface area contributed by atoms with Crippen molar-refractivity contribution in [1.29, 1.82) is 0 Å². The lowest BCUT2D eigenvalue weighted by Crippen LogP contribution is -2.24. The van der Waals surface area contributed by atoms with Crippen LogP contribution in [0.25, 0.3) is 0 Å². The van der Waals surface area contributed by atoms with Crippen LogP contribution in [0.4, 0.5) is 5.69 Å². The predicted molar refractivity (Wildman–Crippen MR) is 88.4 cm³/mol. The Morgan fingerprint density at radius 1 is 1.26 bits per heavy atom. The molecule has 0 spiro atoms. The Hall–Kier alpha value is -2.61. The number of carbonyl (C=O) groups is 2. The summed E-state index contributed by atoms with van der Waals surface area (Å²) >= 11 is 3.16. The second-order valence-corrected chi connectivity index (χ2v) is 5.21. The van der Waals surface area contributed by atoms with Gasteiger partial charge in [-0.3, -0.25) is 9.59 Å². The van der Waals surface area contributed by atoms with Gasteiger partial charge in [0.25, 0.3) is 5.91 Å². The van der Waals surface area contributed by atoms with Gasteiger partial charge in [-0.05, 0) is 52.3 Å². The van der Waals surface area contributed by atoms with Crippen molar-refractivity contribution < 1.29 is 18.7 Å². The van der Waals surface area contributed by atoms with Crippen molar-refractivity contribution >= 4 is 39.6 Å². The molecule has 0 aliphatic heterocycles. The van der Waals surface area contributed by atoms with Crippen molar-refractivity contribution in [2.24, 2.45) is 5.10 Å². The minimum Gasteiger partial charge on any atom is -0.484 e. The summed E-state index contributed by atoms with van der Waals surface area (Å²) in [4.78, 5) is 22.5. The Balaban J connectivity index is 1.75. The molecule has 0 saturated carbocycles. The maximum absolute atomic E-state index is 11.6. The summed E-state index contributed by atoms with van der Waals surface area (Å²) in [7, 11) is 0. The lowest BCUT2D eigenvalue weighted by molar-refractivity contribution is -0.123. The molecule has 1 aromatic heterocycles. The van der Waals surface area contributed by atoms with Crippen LogP contribution >= 0.6 is 15.9 Å². The molecule has 2 rings (SSSR count). The molecule has 0 saturated heterocycles. The van der Waals surface area contributed by atoms with E-state index in [-0.39, 0.29) is 12.5 Å². The molecule has 8 heteroatoms. The van der Waals surface area contributed by atoms with Gasteiger partial charge in [0.15, 0.2) is 11.3 Å². The van der Waals surface area contributed by atoms with Gasteiger partial charge in [-0.15, -0.1) is 0 Å². The molecule has 0 bridgehead atoms. The third-order valence-electron chi connectivity index (χ3n) is 2.52. The number of amides is 2. The van der Waals surface area contributed by atoms with E-state index >= 15 is 0 Å². The third-order valence-corrected chi connectivity index (χ3v) is 2.95. The summed E-state index contributed by atoms with van der Waals surface area (Å²) in [6, 6.07) is 10.1. The first-order valence-corrected chi connectivity index (χ1v) is 7.40. The Morgan fingerprint density at radius 2 is 2.00 bits per heavy atom. The topological polar surface area (TPSA) is 92.9 Å². The average molecular weight is 380 g/mol. The molecule has 0 fully saturated rings. The van der Waals surface area contributed by atoms with Crippen molar-refractivity contribution in [3.05, 3.63) is 46.8 Å². The molecule has 2 aromatic rings. The second kappa shape index (κ2) is 8.14. The molecule has 0 radical (unpaired) electrons. The number of hydrogen-bond donors (Lipinski definition) is 2. The van der Waals surface area contributed by atoms with Crippen LogP contribution in [0, 0.1) is 0 Å². The molecule has 0 unspecified atom stereocenters. The van der Waals surface area contributed by atoms with Crippen LogP contribution < -0.4 is 15.5 Å². The largest absolute Gasteiger partial charge is 0.484 e. The zero-order chi connectivity index (χ0) is 16.7. The van der Waals surface area contributed by atoms with Crippen LogP contribution in [0.5, 0.6) is 5.75 Å². The SMILES string of the molecule is CC(=O)Nc1ccc(OCC(=O)N/N=C\c2ccc(Br)o2)cc1. The molecule has 2 amide bonds. The Kier molecular flexibility index (Phi) is 5.93. The number of nitrogens with one attached hydrogen (secondary N) is 2. The van der Waals surface area contributed by atoms with Gasteiger partial charge in [0, 0.05) is 12.6 Å². The van der Waals surface area contributed by atoms with E-state index in [2.05, 4.69) is 31.8 Å². The first-order chi connectivity index (χ1) is 11.0. The number of anilines is 1. The highest BCUT2D eigenvalue weighted by atomic mass is 79.9. The Bertz CT molecular complexity index is 710. The van der Waals surface area contributed by atoms with Crippen LogP contribution in [0.15, 0.2) is 50.6 Å². The summed E-state index contributed by atoms with van der Waals surface area (Å²) in [5, 5.41) is 6.38. The van der Waals surface area contributed by atoms with E-state index in [0.29, 0.717) is 21.9 Å². The molecule has 120 valence electrons. The monoisotopic (exact) mass is 379 g/mol. The minimum absolute atomic E-state index is 0.153. The molecule has 0 aliphatic carbocycles. The fourth-order valence-electron chi connectivity index (χ4n) is 1.58. The lowest BCUT2D eigenvalue weighted by Gasteiger charge is -2.06. The number of carbonyl (C=O) groups excluding carboxylic acids is 2. The van der Waals surface area contributed by atoms with Gasteiger partial charge in [-0.1, -0.05) is 0 Å². The van der Waals surface area contributed by atoms with Gasteiger partial charge in [-0.2, -0.15) is 5.10 Å². The summed E-state index contributed by atoms with van der Waals surface area (Å²) in [6.07, 6.45) is 1.38. The normalized spacial score (nSPS) is 10.5. The van der Waals surface area contributed by atoms with Crippen molar-refractivity contribution in [2.75, 3.05) is 11.9 Å². The number of benzene rings is 1. The lowest BCUT2D eigenvalue weighted by atomic mass is 10.3. The number of rotatable bonds is 6. The van der Waals surface area contributed by atoms with E-state index in [1.165, 1.54) is 13.1 Å². The predicted octanol–water partition coefficient (Wildman–Crippen LogP) is 2.53. The number of hydrazone groups is 1. The fraction of sp³-hybridized carbons (Fsp3) is 0.133. The van der Waals surface area contributed by atoms with Gasteiger partial charge >= 0.3 is 0 Å². The summed E-state index contributed by atoms with van der Waals surface area (Å²) in [5.41, 5.74) is 2.98. The van der Waals surface area contributed by atoms with Crippen molar-refractivity contribution in [3.63, 3.8) is 0 Å². The van der Waals surface area contributed by atoms with Crippen molar-refractivity contribution in [2.45, 2.75) is 6.92 Å². The van der Waals surface area contributed by atoms with Crippen LogP contribution in [0.2, 0.25) is 0 Å². The van der Waals surface area contributed by atoms with Crippen LogP contribution in [-0.2, 0) is 9.59 Å². The molecule has 7 nitrogen and oxygen atoms in total. The van der Waals surface area contributed by atoms with Gasteiger partial charge in [0.2, 0.25) is 5.91 Å². The van der Waals surface area contributed by atoms with E-state index in [1.807, 2.05) is 0 Å². The Labute approximate surface area is 140 Å². The maximum Gasteiger partial charge on any atom is 0.277 e. The number of ether oxygens (including phenoxy) is 1. The summed E-state index contributed by atoms with van der Waals surface area (Å²) in [5.74, 6) is 0.456. The molecule has 1 heterocycles. The average Bonchev–Trinajstić information content (AvgIpc) is 2.91. The highest BCUT2D eigenvalue weighted by Gasteiger charge is 2.02. The van der Waals surface area contributed by atoms with Crippen LogP contribution in [-0.4, -0.2) is 24.6 Å². The first kappa shape index (κ1) is 16.8. The fourth-order valence-corrected chi connectivity index (χ4v) is 1.90. The molecule has 23 heavy (non-hydrogen) atoms. The van der Waals surface area contributed by atoms with E-state index < -0.39 is 5.91 Å². The van der Waals surface area contributed by atoms with E-state index in [1.54, 1.807) is 36.4 Å². The maximum atomic E-state index is 11.6. The van der Waals surface area contributed by atoms with E-state index in [4.69, 9.17) is 9.15 Å². The standard InChI is InChI=1S/C15H14BrN3O4/c1-10(20)18-11-2-4-12(5-3-11)22-9-15(21)19-17-8-13-6-7-14(16)23-13/h2-8H,9H2,1H3,(H,18,20)(H,19,21)/b17-8-. The molecule has 1 aromatic carbocycles. The van der Waals surface area contributed by atoms with Gasteiger partial charge in [0.05, 0.1) is 6.21 Å². The molecule has 2 N–H and O–H groups in total. The summed E-state index contributed by atoms with van der Waals surface area (Å²) < 4.78 is 11.1. The molecular formula is C15H14BrN3O4. The van der Waals surface area contributed by atoms with Gasteiger partial charge in [-0.25, -0.2) is 5.43 Å². The molecule has 0 aliphatic rings. The zero-order valence-corrected chi connectivity index (χ0v) is 13.8. The Morgan fingerprint density at radius 3 is 2.61 bits per heavy atom.